The Labute approximate surface area is 85.5 Å². The monoisotopic (exact) mass is 219 g/mol. The van der Waals surface area contributed by atoms with Gasteiger partial charge in [-0.1, -0.05) is 24.8 Å². The van der Waals surface area contributed by atoms with Gasteiger partial charge in [0.1, 0.15) is 5.38 Å². The van der Waals surface area contributed by atoms with Crippen LogP contribution in [-0.2, 0) is 0 Å². The van der Waals surface area contributed by atoms with Crippen LogP contribution < -0.4 is 0 Å². The van der Waals surface area contributed by atoms with E-state index in [2.05, 4.69) is 6.58 Å². The molecule has 1 aliphatic carbocycles. The summed E-state index contributed by atoms with van der Waals surface area (Å²) in [5.41, 5.74) is 0.552. The van der Waals surface area contributed by atoms with Crippen molar-refractivity contribution in [3.63, 3.8) is 0 Å². The number of hydrogen-bond acceptors (Lipinski definition) is 2. The number of allylic oxidation sites excluding steroid dienone is 3. The fourth-order valence-electron chi connectivity index (χ4n) is 1.02. The van der Waals surface area contributed by atoms with Gasteiger partial charge in [-0.2, -0.15) is 0 Å². The minimum atomic E-state index is -1.75. The number of alkyl halides is 2. The van der Waals surface area contributed by atoms with E-state index >= 15 is 0 Å². The lowest BCUT2D eigenvalue weighted by atomic mass is 10.00. The predicted molar refractivity (Wildman–Crippen MR) is 52.6 cm³/mol. The van der Waals surface area contributed by atoms with Crippen molar-refractivity contribution in [3.8, 4) is 0 Å². The van der Waals surface area contributed by atoms with Crippen LogP contribution in [0.5, 0.6) is 0 Å². The van der Waals surface area contributed by atoms with Crippen LogP contribution in [0.3, 0.4) is 0 Å². The van der Waals surface area contributed by atoms with Gasteiger partial charge in [-0.05, 0) is 17.2 Å². The van der Waals surface area contributed by atoms with Gasteiger partial charge in [-0.15, -0.1) is 11.6 Å². The van der Waals surface area contributed by atoms with Gasteiger partial charge in [0.2, 0.25) is 0 Å². The molecule has 0 heterocycles. The molecule has 13 heavy (non-hydrogen) atoms. The number of nitro groups is 1. The molecule has 0 spiro atoms. The number of rotatable bonds is 2. The number of nitrogens with zero attached hydrogens (tertiary/aromatic N) is 1. The van der Waals surface area contributed by atoms with Crippen molar-refractivity contribution in [1.29, 1.82) is 0 Å². The van der Waals surface area contributed by atoms with Crippen LogP contribution in [-0.4, -0.2) is 15.3 Å². The zero-order valence-corrected chi connectivity index (χ0v) is 8.13. The lowest BCUT2D eigenvalue weighted by Gasteiger charge is -2.23. The minimum Gasteiger partial charge on any atom is -0.262 e. The summed E-state index contributed by atoms with van der Waals surface area (Å²) in [5, 5.41) is 9.74. The lowest BCUT2D eigenvalue weighted by molar-refractivity contribution is -0.526. The fourth-order valence-corrected chi connectivity index (χ4v) is 1.53. The van der Waals surface area contributed by atoms with Crippen LogP contribution in [0, 0.1) is 10.1 Å². The second kappa shape index (κ2) is 3.52. The topological polar surface area (TPSA) is 43.1 Å². The third-order valence-electron chi connectivity index (χ3n) is 1.78. The predicted octanol–water partition coefficient (Wildman–Crippen LogP) is 2.49. The zero-order valence-electron chi connectivity index (χ0n) is 6.61. The van der Waals surface area contributed by atoms with Crippen LogP contribution in [0.25, 0.3) is 0 Å². The fraction of sp³-hybridized carbons (Fsp3) is 0.250. The summed E-state index contributed by atoms with van der Waals surface area (Å²) in [7, 11) is 0. The van der Waals surface area contributed by atoms with Gasteiger partial charge >= 0.3 is 5.00 Å². The smallest absolute Gasteiger partial charge is 0.262 e. The first-order chi connectivity index (χ1) is 6.02. The Morgan fingerprint density at radius 2 is 2.38 bits per heavy atom. The number of halogens is 2. The van der Waals surface area contributed by atoms with E-state index in [0.29, 0.717) is 5.57 Å². The van der Waals surface area contributed by atoms with Crippen LogP contribution in [0.15, 0.2) is 36.5 Å². The molecule has 0 N–H and O–H groups in total. The van der Waals surface area contributed by atoms with Crippen molar-refractivity contribution in [2.75, 3.05) is 0 Å². The van der Waals surface area contributed by atoms with Crippen molar-refractivity contribution in [1.82, 2.24) is 0 Å². The molecule has 0 aromatic heterocycles. The Balaban J connectivity index is 3.08. The van der Waals surface area contributed by atoms with Crippen LogP contribution in [0.1, 0.15) is 0 Å². The second-order valence-electron chi connectivity index (χ2n) is 2.58. The van der Waals surface area contributed by atoms with Gasteiger partial charge in [0, 0.05) is 11.0 Å². The van der Waals surface area contributed by atoms with Gasteiger partial charge in [0.25, 0.3) is 0 Å². The highest BCUT2D eigenvalue weighted by atomic mass is 35.5. The average Bonchev–Trinajstić information content (AvgIpc) is 2.09. The molecular formula is C8H7Cl2NO2. The summed E-state index contributed by atoms with van der Waals surface area (Å²) in [6.07, 6.45) is 5.88. The van der Waals surface area contributed by atoms with E-state index in [1.165, 1.54) is 18.2 Å². The third-order valence-corrected chi connectivity index (χ3v) is 2.96. The first kappa shape index (κ1) is 10.3. The largest absolute Gasteiger partial charge is 0.334 e. The molecule has 0 bridgehead atoms. The van der Waals surface area contributed by atoms with Crippen molar-refractivity contribution >= 4 is 23.2 Å². The van der Waals surface area contributed by atoms with E-state index in [1.807, 2.05) is 0 Å². The van der Waals surface area contributed by atoms with Gasteiger partial charge in [-0.25, -0.2) is 0 Å². The molecule has 3 nitrogen and oxygen atoms in total. The van der Waals surface area contributed by atoms with Crippen LogP contribution in [0.4, 0.5) is 0 Å². The van der Waals surface area contributed by atoms with Gasteiger partial charge < -0.3 is 0 Å². The highest BCUT2D eigenvalue weighted by Crippen LogP contribution is 2.35. The summed E-state index contributed by atoms with van der Waals surface area (Å²) in [4.78, 5) is 8.26. The third kappa shape index (κ3) is 1.62. The summed E-state index contributed by atoms with van der Waals surface area (Å²) in [5.74, 6) is 0. The highest BCUT2D eigenvalue weighted by Gasteiger charge is 2.48. The maximum absolute atomic E-state index is 10.6. The van der Waals surface area contributed by atoms with E-state index in [1.54, 1.807) is 6.08 Å². The van der Waals surface area contributed by atoms with Crippen molar-refractivity contribution in [3.05, 3.63) is 46.6 Å². The van der Waals surface area contributed by atoms with Crippen molar-refractivity contribution in [2.24, 2.45) is 0 Å². The van der Waals surface area contributed by atoms with E-state index < -0.39 is 15.3 Å². The lowest BCUT2D eigenvalue weighted by Crippen LogP contribution is -2.41. The molecule has 0 aromatic carbocycles. The zero-order chi connectivity index (χ0) is 10.1. The summed E-state index contributed by atoms with van der Waals surface area (Å²) in [6.45, 7) is 3.49. The van der Waals surface area contributed by atoms with Crippen LogP contribution in [0.2, 0.25) is 0 Å². The maximum atomic E-state index is 10.6. The standard InChI is InChI=1S/C8H7Cl2NO2/c1-2-6-4-3-5-8(10,7(6)9)11(12)13/h2-5,7H,1H2. The summed E-state index contributed by atoms with van der Waals surface area (Å²) in [6, 6.07) is 0. The van der Waals surface area contributed by atoms with E-state index in [4.69, 9.17) is 23.2 Å². The Kier molecular flexibility index (Phi) is 2.78. The van der Waals surface area contributed by atoms with Gasteiger partial charge in [0.15, 0.2) is 0 Å². The van der Waals surface area contributed by atoms with E-state index in [0.717, 1.165) is 0 Å². The molecule has 1 rings (SSSR count). The SMILES string of the molecule is C=CC1=CC=CC(Cl)([N+](=O)[O-])C1Cl. The molecule has 0 saturated carbocycles. The molecule has 70 valence electrons. The Bertz CT molecular complexity index is 311. The molecule has 0 fully saturated rings. The molecule has 0 aromatic rings. The highest BCUT2D eigenvalue weighted by molar-refractivity contribution is 6.34. The normalized spacial score (nSPS) is 32.5. The molecule has 5 heteroatoms. The molecule has 0 saturated heterocycles. The van der Waals surface area contributed by atoms with E-state index in [9.17, 15) is 10.1 Å². The average molecular weight is 220 g/mol. The van der Waals surface area contributed by atoms with E-state index in [-0.39, 0.29) is 0 Å². The molecule has 2 unspecified atom stereocenters. The van der Waals surface area contributed by atoms with Gasteiger partial charge in [-0.3, -0.25) is 10.1 Å². The quantitative estimate of drug-likeness (QED) is 0.310. The first-order valence-corrected chi connectivity index (χ1v) is 4.33. The Morgan fingerprint density at radius 1 is 1.77 bits per heavy atom. The molecule has 2 atom stereocenters. The molecule has 0 aliphatic heterocycles. The Hall–Kier alpha value is -0.800. The number of hydrogen-bond donors (Lipinski definition) is 0. The molecule has 0 radical (unpaired) electrons. The van der Waals surface area contributed by atoms with Crippen LogP contribution >= 0.6 is 23.2 Å². The van der Waals surface area contributed by atoms with Crippen molar-refractivity contribution in [2.45, 2.75) is 10.4 Å². The summed E-state index contributed by atoms with van der Waals surface area (Å²) < 4.78 is 0. The molecule has 1 aliphatic rings. The van der Waals surface area contributed by atoms with Crippen molar-refractivity contribution < 1.29 is 4.92 Å². The maximum Gasteiger partial charge on any atom is 0.334 e. The first-order valence-electron chi connectivity index (χ1n) is 3.51. The molecule has 0 amide bonds. The Morgan fingerprint density at radius 3 is 2.85 bits per heavy atom. The summed E-state index contributed by atoms with van der Waals surface area (Å²) >= 11 is 11.5. The van der Waals surface area contributed by atoms with Gasteiger partial charge in [0.05, 0.1) is 0 Å². The molecular weight excluding hydrogens is 213 g/mol. The minimum absolute atomic E-state index is 0.552. The second-order valence-corrected chi connectivity index (χ2v) is 3.62.